The summed E-state index contributed by atoms with van der Waals surface area (Å²) in [6, 6.07) is 3.17. The Morgan fingerprint density at radius 1 is 1.50 bits per heavy atom. The first-order valence-electron chi connectivity index (χ1n) is 3.78. The van der Waals surface area contributed by atoms with Gasteiger partial charge >= 0.3 is 0 Å². The largest absolute Gasteiger partial charge is 0.331 e. The first kappa shape index (κ1) is 8.36. The van der Waals surface area contributed by atoms with E-state index in [0.29, 0.717) is 6.29 Å². The van der Waals surface area contributed by atoms with E-state index in [1.54, 1.807) is 6.07 Å². The van der Waals surface area contributed by atoms with Gasteiger partial charge in [0, 0.05) is 6.20 Å². The molecule has 70 valence electrons. The van der Waals surface area contributed by atoms with Crippen molar-refractivity contribution in [2.45, 2.75) is 0 Å². The van der Waals surface area contributed by atoms with Crippen LogP contribution in [-0.4, -0.2) is 21.4 Å². The third-order valence-electron chi connectivity index (χ3n) is 1.60. The Labute approximate surface area is 77.6 Å². The van der Waals surface area contributed by atoms with E-state index in [1.165, 1.54) is 12.3 Å². The van der Waals surface area contributed by atoms with Crippen LogP contribution in [0.5, 0.6) is 0 Å². The highest BCUT2D eigenvalue weighted by atomic mass is 16.5. The van der Waals surface area contributed by atoms with Crippen LogP contribution in [-0.2, 0) is 0 Å². The molecular formula is C8H5N3O3. The highest BCUT2D eigenvalue weighted by Gasteiger charge is 2.09. The maximum absolute atomic E-state index is 11.3. The average molecular weight is 191 g/mol. The smallest absolute Gasteiger partial charge is 0.291 e. The molecule has 0 saturated heterocycles. The molecule has 6 nitrogen and oxygen atoms in total. The number of hydrogen-bond acceptors (Lipinski definition) is 5. The Morgan fingerprint density at radius 2 is 2.36 bits per heavy atom. The van der Waals surface area contributed by atoms with Gasteiger partial charge in [-0.3, -0.25) is 9.59 Å². The molecular weight excluding hydrogens is 186 g/mol. The third-order valence-corrected chi connectivity index (χ3v) is 1.60. The van der Waals surface area contributed by atoms with E-state index in [1.807, 2.05) is 0 Å². The Kier molecular flexibility index (Phi) is 1.94. The number of aromatic amines is 1. The summed E-state index contributed by atoms with van der Waals surface area (Å²) in [5.41, 5.74) is -0.0601. The van der Waals surface area contributed by atoms with Crippen molar-refractivity contribution in [3.05, 3.63) is 34.6 Å². The van der Waals surface area contributed by atoms with Gasteiger partial charge in [-0.15, -0.1) is 0 Å². The molecule has 0 fully saturated rings. The van der Waals surface area contributed by atoms with Gasteiger partial charge in [0.05, 0.1) is 5.56 Å². The molecule has 0 aliphatic heterocycles. The molecule has 0 amide bonds. The Bertz CT molecular complexity index is 514. The number of aldehydes is 1. The highest BCUT2D eigenvalue weighted by molar-refractivity contribution is 5.68. The predicted octanol–water partition coefficient (Wildman–Crippen LogP) is 0.237. The fourth-order valence-electron chi connectivity index (χ4n) is 0.990. The second kappa shape index (κ2) is 3.25. The number of nitrogens with zero attached hydrogens (tertiary/aromatic N) is 2. The lowest BCUT2D eigenvalue weighted by Gasteiger charge is -1.89. The van der Waals surface area contributed by atoms with Crippen molar-refractivity contribution >= 4 is 6.29 Å². The Balaban J connectivity index is 2.55. The SMILES string of the molecule is O=Cc1nc(-c2ccc[nH]c2=O)no1. The zero-order chi connectivity index (χ0) is 9.97. The summed E-state index contributed by atoms with van der Waals surface area (Å²) in [6.45, 7) is 0. The van der Waals surface area contributed by atoms with Gasteiger partial charge in [-0.05, 0) is 12.1 Å². The van der Waals surface area contributed by atoms with Gasteiger partial charge < -0.3 is 9.51 Å². The van der Waals surface area contributed by atoms with Crippen LogP contribution in [0.25, 0.3) is 11.4 Å². The predicted molar refractivity (Wildman–Crippen MR) is 45.7 cm³/mol. The Hall–Kier alpha value is -2.24. The van der Waals surface area contributed by atoms with Crippen molar-refractivity contribution in [3.63, 3.8) is 0 Å². The van der Waals surface area contributed by atoms with Crippen LogP contribution in [0.15, 0.2) is 27.6 Å². The van der Waals surface area contributed by atoms with Crippen molar-refractivity contribution in [1.29, 1.82) is 0 Å². The monoisotopic (exact) mass is 191 g/mol. The number of hydrogen-bond donors (Lipinski definition) is 1. The lowest BCUT2D eigenvalue weighted by molar-refractivity contribution is 0.108. The van der Waals surface area contributed by atoms with E-state index in [2.05, 4.69) is 19.6 Å². The van der Waals surface area contributed by atoms with E-state index in [4.69, 9.17) is 0 Å². The molecule has 2 rings (SSSR count). The summed E-state index contributed by atoms with van der Waals surface area (Å²) in [6.07, 6.45) is 1.92. The molecule has 0 unspecified atom stereocenters. The van der Waals surface area contributed by atoms with E-state index in [9.17, 15) is 9.59 Å². The molecule has 6 heteroatoms. The van der Waals surface area contributed by atoms with Gasteiger partial charge in [-0.1, -0.05) is 5.16 Å². The normalized spacial score (nSPS) is 10.0. The topological polar surface area (TPSA) is 88.9 Å². The molecule has 0 spiro atoms. The van der Waals surface area contributed by atoms with E-state index >= 15 is 0 Å². The van der Waals surface area contributed by atoms with Crippen LogP contribution in [0, 0.1) is 0 Å². The van der Waals surface area contributed by atoms with Crippen molar-refractivity contribution < 1.29 is 9.32 Å². The van der Waals surface area contributed by atoms with Crippen molar-refractivity contribution in [1.82, 2.24) is 15.1 Å². The lowest BCUT2D eigenvalue weighted by atomic mass is 10.3. The van der Waals surface area contributed by atoms with Crippen molar-refractivity contribution in [2.75, 3.05) is 0 Å². The lowest BCUT2D eigenvalue weighted by Crippen LogP contribution is -2.07. The molecule has 1 N–H and O–H groups in total. The molecule has 0 aromatic carbocycles. The summed E-state index contributed by atoms with van der Waals surface area (Å²) in [4.78, 5) is 27.7. The van der Waals surface area contributed by atoms with E-state index < -0.39 is 0 Å². The molecule has 0 radical (unpaired) electrons. The summed E-state index contributed by atoms with van der Waals surface area (Å²) < 4.78 is 4.54. The average Bonchev–Trinajstić information content (AvgIpc) is 2.67. The highest BCUT2D eigenvalue weighted by Crippen LogP contribution is 2.08. The standard InChI is InChI=1S/C8H5N3O3/c12-4-6-10-7(11-14-6)5-2-1-3-9-8(5)13/h1-4H,(H,9,13). The summed E-state index contributed by atoms with van der Waals surface area (Å²) >= 11 is 0. The molecule has 2 heterocycles. The van der Waals surface area contributed by atoms with Crippen LogP contribution in [0.3, 0.4) is 0 Å². The van der Waals surface area contributed by atoms with Crippen LogP contribution in [0.1, 0.15) is 10.7 Å². The number of nitrogens with one attached hydrogen (secondary N) is 1. The van der Waals surface area contributed by atoms with E-state index in [-0.39, 0.29) is 22.8 Å². The minimum absolute atomic E-state index is 0.106. The van der Waals surface area contributed by atoms with Gasteiger partial charge in [-0.2, -0.15) is 4.98 Å². The van der Waals surface area contributed by atoms with Crippen LogP contribution in [0.4, 0.5) is 0 Å². The Morgan fingerprint density at radius 3 is 3.00 bits per heavy atom. The van der Waals surface area contributed by atoms with Gasteiger partial charge in [0.1, 0.15) is 0 Å². The number of pyridine rings is 1. The second-order valence-corrected chi connectivity index (χ2v) is 2.49. The molecule has 0 bridgehead atoms. The fourth-order valence-corrected chi connectivity index (χ4v) is 0.990. The van der Waals surface area contributed by atoms with Crippen LogP contribution < -0.4 is 5.56 Å². The minimum Gasteiger partial charge on any atom is -0.331 e. The molecule has 2 aromatic rings. The molecule has 0 aliphatic rings. The zero-order valence-corrected chi connectivity index (χ0v) is 6.93. The molecule has 2 aromatic heterocycles. The van der Waals surface area contributed by atoms with Crippen molar-refractivity contribution in [3.8, 4) is 11.4 Å². The quantitative estimate of drug-likeness (QED) is 0.686. The summed E-state index contributed by atoms with van der Waals surface area (Å²) in [7, 11) is 0. The fraction of sp³-hybridized carbons (Fsp3) is 0. The van der Waals surface area contributed by atoms with Crippen LogP contribution >= 0.6 is 0 Å². The second-order valence-electron chi connectivity index (χ2n) is 2.49. The number of carbonyl (C=O) groups is 1. The third kappa shape index (κ3) is 1.33. The maximum Gasteiger partial charge on any atom is 0.291 e. The first-order chi connectivity index (χ1) is 6.81. The maximum atomic E-state index is 11.3. The first-order valence-corrected chi connectivity index (χ1v) is 3.78. The van der Waals surface area contributed by atoms with Gasteiger partial charge in [0.15, 0.2) is 0 Å². The molecule has 0 saturated carbocycles. The molecule has 0 aliphatic carbocycles. The minimum atomic E-state index is -0.328. The van der Waals surface area contributed by atoms with Gasteiger partial charge in [0.2, 0.25) is 12.1 Å². The zero-order valence-electron chi connectivity index (χ0n) is 6.93. The molecule has 14 heavy (non-hydrogen) atoms. The van der Waals surface area contributed by atoms with Gasteiger partial charge in [-0.25, -0.2) is 0 Å². The number of rotatable bonds is 2. The van der Waals surface area contributed by atoms with Gasteiger partial charge in [0.25, 0.3) is 11.4 Å². The van der Waals surface area contributed by atoms with Crippen LogP contribution in [0.2, 0.25) is 0 Å². The number of carbonyl (C=O) groups excluding carboxylic acids is 1. The van der Waals surface area contributed by atoms with E-state index in [0.717, 1.165) is 0 Å². The summed E-state index contributed by atoms with van der Waals surface area (Å²) in [5, 5.41) is 3.48. The van der Waals surface area contributed by atoms with Crippen molar-refractivity contribution in [2.24, 2.45) is 0 Å². The number of aromatic nitrogens is 3. The number of H-pyrrole nitrogens is 1. The molecule has 0 atom stereocenters. The summed E-state index contributed by atoms with van der Waals surface area (Å²) in [5.74, 6) is -0.0443.